The number of carbonyl (C=O) groups is 2. The van der Waals surface area contributed by atoms with E-state index in [-0.39, 0.29) is 18.5 Å². The average molecular weight is 267 g/mol. The Bertz CT molecular complexity index is 321. The summed E-state index contributed by atoms with van der Waals surface area (Å²) < 4.78 is 0. The molecule has 5 heteroatoms. The molecule has 2 fully saturated rings. The van der Waals surface area contributed by atoms with E-state index in [1.807, 2.05) is 0 Å². The maximum Gasteiger partial charge on any atom is 0.237 e. The molecular weight excluding hydrogens is 242 g/mol. The van der Waals surface area contributed by atoms with Crippen LogP contribution >= 0.6 is 0 Å². The second kappa shape index (κ2) is 6.89. The molecule has 0 bridgehead atoms. The van der Waals surface area contributed by atoms with Gasteiger partial charge in [0, 0.05) is 12.5 Å². The molecule has 0 spiro atoms. The molecule has 2 rings (SSSR count). The van der Waals surface area contributed by atoms with Crippen LogP contribution in [0.2, 0.25) is 0 Å². The molecule has 0 aromatic carbocycles. The van der Waals surface area contributed by atoms with Gasteiger partial charge in [0.2, 0.25) is 11.8 Å². The number of piperidine rings is 1. The fourth-order valence-electron chi connectivity index (χ4n) is 3.29. The molecule has 0 unspecified atom stereocenters. The Morgan fingerprint density at radius 1 is 1.11 bits per heavy atom. The SMILES string of the molecule is NC(=O)CN(C(=O)CC1CCCC1)C1CCNCC1. The molecule has 0 aromatic rings. The van der Waals surface area contributed by atoms with Crippen molar-refractivity contribution in [1.82, 2.24) is 10.2 Å². The molecule has 108 valence electrons. The summed E-state index contributed by atoms with van der Waals surface area (Å²) >= 11 is 0. The van der Waals surface area contributed by atoms with Crippen molar-refractivity contribution >= 4 is 11.8 Å². The van der Waals surface area contributed by atoms with Gasteiger partial charge in [-0.05, 0) is 44.7 Å². The maximum atomic E-state index is 12.4. The molecule has 3 N–H and O–H groups in total. The third-order valence-corrected chi connectivity index (χ3v) is 4.33. The van der Waals surface area contributed by atoms with Crippen molar-refractivity contribution in [2.24, 2.45) is 11.7 Å². The number of rotatable bonds is 5. The van der Waals surface area contributed by atoms with E-state index in [4.69, 9.17) is 5.73 Å². The number of hydrogen-bond acceptors (Lipinski definition) is 3. The Morgan fingerprint density at radius 2 is 1.74 bits per heavy atom. The summed E-state index contributed by atoms with van der Waals surface area (Å²) in [5.74, 6) is 0.237. The summed E-state index contributed by atoms with van der Waals surface area (Å²) in [6, 6.07) is 0.183. The van der Waals surface area contributed by atoms with Gasteiger partial charge in [0.05, 0.1) is 6.54 Å². The minimum absolute atomic E-state index is 0.0796. The van der Waals surface area contributed by atoms with Crippen LogP contribution in [-0.2, 0) is 9.59 Å². The summed E-state index contributed by atoms with van der Waals surface area (Å²) in [5, 5.41) is 3.28. The Morgan fingerprint density at radius 3 is 2.32 bits per heavy atom. The molecule has 1 aliphatic carbocycles. The number of primary amides is 1. The van der Waals surface area contributed by atoms with Crippen LogP contribution in [0.3, 0.4) is 0 Å². The van der Waals surface area contributed by atoms with E-state index < -0.39 is 5.91 Å². The molecule has 1 heterocycles. The third-order valence-electron chi connectivity index (χ3n) is 4.33. The average Bonchev–Trinajstić information content (AvgIpc) is 2.89. The van der Waals surface area contributed by atoms with Crippen molar-refractivity contribution < 1.29 is 9.59 Å². The van der Waals surface area contributed by atoms with Gasteiger partial charge in [0.1, 0.15) is 0 Å². The first kappa shape index (κ1) is 14.3. The lowest BCUT2D eigenvalue weighted by molar-refractivity contribution is -0.138. The van der Waals surface area contributed by atoms with Crippen LogP contribution in [0.1, 0.15) is 44.9 Å². The van der Waals surface area contributed by atoms with E-state index in [1.54, 1.807) is 4.90 Å². The molecule has 19 heavy (non-hydrogen) atoms. The minimum Gasteiger partial charge on any atom is -0.368 e. The predicted octanol–water partition coefficient (Wildman–Crippen LogP) is 0.633. The van der Waals surface area contributed by atoms with E-state index in [0.717, 1.165) is 38.8 Å². The molecule has 0 radical (unpaired) electrons. The maximum absolute atomic E-state index is 12.4. The van der Waals surface area contributed by atoms with Crippen molar-refractivity contribution in [1.29, 1.82) is 0 Å². The summed E-state index contributed by atoms with van der Waals surface area (Å²) in [4.78, 5) is 25.4. The number of carbonyl (C=O) groups excluding carboxylic acids is 2. The number of amides is 2. The largest absolute Gasteiger partial charge is 0.368 e. The number of hydrogen-bond donors (Lipinski definition) is 2. The number of nitrogens with two attached hydrogens (primary N) is 1. The zero-order chi connectivity index (χ0) is 13.7. The lowest BCUT2D eigenvalue weighted by Gasteiger charge is -2.34. The van der Waals surface area contributed by atoms with E-state index >= 15 is 0 Å². The van der Waals surface area contributed by atoms with Gasteiger partial charge in [-0.25, -0.2) is 0 Å². The quantitative estimate of drug-likeness (QED) is 0.767. The first-order chi connectivity index (χ1) is 9.16. The van der Waals surface area contributed by atoms with Crippen LogP contribution in [0.15, 0.2) is 0 Å². The summed E-state index contributed by atoms with van der Waals surface area (Å²) in [5.41, 5.74) is 5.30. The minimum atomic E-state index is -0.404. The van der Waals surface area contributed by atoms with Crippen molar-refractivity contribution in [2.45, 2.75) is 51.0 Å². The van der Waals surface area contributed by atoms with E-state index in [9.17, 15) is 9.59 Å². The second-order valence-corrected chi connectivity index (χ2v) is 5.82. The van der Waals surface area contributed by atoms with E-state index in [2.05, 4.69) is 5.32 Å². The monoisotopic (exact) mass is 267 g/mol. The van der Waals surface area contributed by atoms with Gasteiger partial charge in [-0.2, -0.15) is 0 Å². The Labute approximate surface area is 114 Å². The standard InChI is InChI=1S/C14H25N3O2/c15-13(18)10-17(12-5-7-16-8-6-12)14(19)9-11-3-1-2-4-11/h11-12,16H,1-10H2,(H2,15,18). The van der Waals surface area contributed by atoms with Crippen molar-refractivity contribution in [3.05, 3.63) is 0 Å². The lowest BCUT2D eigenvalue weighted by atomic mass is 10.00. The number of nitrogens with zero attached hydrogens (tertiary/aromatic N) is 1. The van der Waals surface area contributed by atoms with Crippen molar-refractivity contribution in [2.75, 3.05) is 19.6 Å². The normalized spacial score (nSPS) is 21.5. The van der Waals surface area contributed by atoms with Gasteiger partial charge in [-0.1, -0.05) is 12.8 Å². The molecule has 2 aliphatic rings. The Balaban J connectivity index is 1.94. The first-order valence-corrected chi connectivity index (χ1v) is 7.45. The second-order valence-electron chi connectivity index (χ2n) is 5.82. The zero-order valence-electron chi connectivity index (χ0n) is 11.6. The topological polar surface area (TPSA) is 75.4 Å². The van der Waals surface area contributed by atoms with Gasteiger partial charge in [-0.15, -0.1) is 0 Å². The van der Waals surface area contributed by atoms with E-state index in [0.29, 0.717) is 12.3 Å². The Kier molecular flexibility index (Phi) is 5.19. The van der Waals surface area contributed by atoms with Crippen LogP contribution in [-0.4, -0.2) is 42.4 Å². The highest BCUT2D eigenvalue weighted by Gasteiger charge is 2.28. The summed E-state index contributed by atoms with van der Waals surface area (Å²) in [6.07, 6.45) is 7.22. The van der Waals surface area contributed by atoms with Crippen LogP contribution < -0.4 is 11.1 Å². The highest BCUT2D eigenvalue weighted by molar-refractivity contribution is 5.84. The molecule has 1 saturated heterocycles. The molecule has 1 aliphatic heterocycles. The van der Waals surface area contributed by atoms with Gasteiger partial charge < -0.3 is 16.0 Å². The van der Waals surface area contributed by atoms with E-state index in [1.165, 1.54) is 12.8 Å². The zero-order valence-corrected chi connectivity index (χ0v) is 11.6. The molecule has 2 amide bonds. The molecule has 1 saturated carbocycles. The molecule has 5 nitrogen and oxygen atoms in total. The van der Waals surface area contributed by atoms with Crippen LogP contribution in [0.5, 0.6) is 0 Å². The van der Waals surface area contributed by atoms with Gasteiger partial charge in [0.25, 0.3) is 0 Å². The fraction of sp³-hybridized carbons (Fsp3) is 0.857. The smallest absolute Gasteiger partial charge is 0.237 e. The Hall–Kier alpha value is -1.10. The first-order valence-electron chi connectivity index (χ1n) is 7.45. The predicted molar refractivity (Wildman–Crippen MR) is 73.4 cm³/mol. The molecule has 0 atom stereocenters. The van der Waals surface area contributed by atoms with Crippen LogP contribution in [0, 0.1) is 5.92 Å². The lowest BCUT2D eigenvalue weighted by Crippen LogP contribution is -2.49. The van der Waals surface area contributed by atoms with Gasteiger partial charge in [-0.3, -0.25) is 9.59 Å². The van der Waals surface area contributed by atoms with Gasteiger partial charge >= 0.3 is 0 Å². The highest BCUT2D eigenvalue weighted by Crippen LogP contribution is 2.28. The van der Waals surface area contributed by atoms with Crippen LogP contribution in [0.4, 0.5) is 0 Å². The van der Waals surface area contributed by atoms with Crippen LogP contribution in [0.25, 0.3) is 0 Å². The highest BCUT2D eigenvalue weighted by atomic mass is 16.2. The number of nitrogens with one attached hydrogen (secondary N) is 1. The molecule has 0 aromatic heterocycles. The van der Waals surface area contributed by atoms with Crippen molar-refractivity contribution in [3.63, 3.8) is 0 Å². The summed E-state index contributed by atoms with van der Waals surface area (Å²) in [7, 11) is 0. The summed E-state index contributed by atoms with van der Waals surface area (Å²) in [6.45, 7) is 1.91. The fourth-order valence-corrected chi connectivity index (χ4v) is 3.29. The van der Waals surface area contributed by atoms with Gasteiger partial charge in [0.15, 0.2) is 0 Å². The third kappa shape index (κ3) is 4.20. The molecular formula is C14H25N3O2. The van der Waals surface area contributed by atoms with Crippen molar-refractivity contribution in [3.8, 4) is 0 Å².